The monoisotopic (exact) mass is 621 g/mol. The van der Waals surface area contributed by atoms with Gasteiger partial charge in [-0.3, -0.25) is 9.59 Å². The molecule has 0 spiro atoms. The molecule has 4 nitrogen and oxygen atoms in total. The number of fused-ring (bicyclic) bond motifs is 5. The van der Waals surface area contributed by atoms with Gasteiger partial charge >= 0.3 is 31.7 Å². The van der Waals surface area contributed by atoms with E-state index < -0.39 is 0 Å². The largest absolute Gasteiger partial charge is 1.00 e. The molecule has 0 aromatic heterocycles. The molecule has 3 fully saturated rings. The van der Waals surface area contributed by atoms with Crippen LogP contribution >= 0.6 is 0 Å². The van der Waals surface area contributed by atoms with Crippen LogP contribution in [0.5, 0.6) is 0 Å². The summed E-state index contributed by atoms with van der Waals surface area (Å²) < 4.78 is 10.5. The minimum absolute atomic E-state index is 0. The van der Waals surface area contributed by atoms with Gasteiger partial charge in [0.25, 0.3) is 0 Å². The number of methoxy groups -OCH3 is 1. The zero-order valence-corrected chi connectivity index (χ0v) is 23.0. The topological polar surface area (TPSA) is 52.6 Å². The average molecular weight is 620 g/mol. The van der Waals surface area contributed by atoms with Gasteiger partial charge in [-0.15, -0.1) is 0 Å². The Labute approximate surface area is 207 Å². The number of hydrogen-bond acceptors (Lipinski definition) is 4. The zero-order valence-electron chi connectivity index (χ0n) is 20.5. The molecule has 0 saturated heterocycles. The van der Waals surface area contributed by atoms with E-state index in [4.69, 9.17) is 9.47 Å². The van der Waals surface area contributed by atoms with Gasteiger partial charge in [-0.2, -0.15) is 0 Å². The van der Waals surface area contributed by atoms with Gasteiger partial charge in [0.1, 0.15) is 6.10 Å². The third-order valence-corrected chi connectivity index (χ3v) is 9.86. The van der Waals surface area contributed by atoms with Crippen LogP contribution in [0, 0.1) is 46.8 Å². The summed E-state index contributed by atoms with van der Waals surface area (Å²) >= 11 is 0. The van der Waals surface area contributed by atoms with E-state index in [1.54, 1.807) is 5.57 Å². The molecular formula is C27H41O4Os. The van der Waals surface area contributed by atoms with E-state index in [9.17, 15) is 9.59 Å². The molecule has 0 amide bonds. The summed E-state index contributed by atoms with van der Waals surface area (Å²) in [6, 6.07) is 0. The number of esters is 2. The Morgan fingerprint density at radius 1 is 1.19 bits per heavy atom. The molecule has 1 radical (unpaired) electrons. The molecule has 0 N–H and O–H groups in total. The van der Waals surface area contributed by atoms with Crippen LogP contribution in [0.2, 0.25) is 0 Å². The Morgan fingerprint density at radius 2 is 1.94 bits per heavy atom. The number of ether oxygens (including phenoxy) is 2. The third-order valence-electron chi connectivity index (χ3n) is 9.86. The second-order valence-electron chi connectivity index (χ2n) is 11.3. The van der Waals surface area contributed by atoms with Gasteiger partial charge in [-0.05, 0) is 37.0 Å². The van der Waals surface area contributed by atoms with Gasteiger partial charge in [-0.25, -0.2) is 18.1 Å². The Morgan fingerprint density at radius 3 is 2.62 bits per heavy atom. The van der Waals surface area contributed by atoms with E-state index in [0.29, 0.717) is 30.1 Å². The van der Waals surface area contributed by atoms with Crippen LogP contribution in [0.25, 0.3) is 0 Å². The van der Waals surface area contributed by atoms with Crippen molar-refractivity contribution in [2.75, 3.05) is 7.11 Å². The van der Waals surface area contributed by atoms with Gasteiger partial charge in [0.2, 0.25) is 0 Å². The molecule has 0 aliphatic heterocycles. The van der Waals surface area contributed by atoms with Crippen molar-refractivity contribution in [3.8, 4) is 0 Å². The van der Waals surface area contributed by atoms with E-state index in [1.165, 1.54) is 39.7 Å². The van der Waals surface area contributed by atoms with Crippen molar-refractivity contribution in [1.29, 1.82) is 0 Å². The van der Waals surface area contributed by atoms with Crippen molar-refractivity contribution >= 4 is 11.9 Å². The molecule has 0 aromatic rings. The fourth-order valence-corrected chi connectivity index (χ4v) is 8.16. The molecule has 4 aliphatic rings. The van der Waals surface area contributed by atoms with Crippen LogP contribution in [0.15, 0.2) is 11.6 Å². The molecule has 4 rings (SSSR count). The third kappa shape index (κ3) is 4.45. The number of carbonyl (C=O) groups is 2. The minimum Gasteiger partial charge on any atom is -0.469 e. The number of carbonyl (C=O) groups excluding carboxylic acids is 2. The Bertz CT molecular complexity index is 748. The standard InChI is InChI=1S/C27H41O4.Os/c1-17(6-11-25(29)30-5)22-9-10-23-21-8-7-19-16-20(31-18(2)28)12-14-26(19,3)24(21)13-15-27(22,23)4;/h13,15,17,19-23H,6-12,14,16H2,1-5H3;/q-1;+1/t17-,19-,20-,21+,22-,23+,26+,27-;/m1./s1. The molecule has 0 bridgehead atoms. The first-order chi connectivity index (χ1) is 14.7. The van der Waals surface area contributed by atoms with Gasteiger partial charge in [-0.1, -0.05) is 75.5 Å². The molecular weight excluding hydrogens is 579 g/mol. The van der Waals surface area contributed by atoms with Gasteiger partial charge in [0.05, 0.1) is 7.11 Å². The molecule has 4 aliphatic carbocycles. The van der Waals surface area contributed by atoms with Gasteiger partial charge in [0, 0.05) is 13.3 Å². The predicted molar refractivity (Wildman–Crippen MR) is 121 cm³/mol. The Kier molecular flexibility index (Phi) is 7.91. The van der Waals surface area contributed by atoms with Crippen molar-refractivity contribution < 1.29 is 38.9 Å². The van der Waals surface area contributed by atoms with Crippen molar-refractivity contribution in [3.05, 3.63) is 18.1 Å². The van der Waals surface area contributed by atoms with Crippen LogP contribution in [-0.2, 0) is 38.9 Å². The van der Waals surface area contributed by atoms with Crippen molar-refractivity contribution in [2.24, 2.45) is 40.4 Å². The van der Waals surface area contributed by atoms with E-state index >= 15 is 0 Å². The second kappa shape index (κ2) is 9.81. The molecule has 3 saturated carbocycles. The summed E-state index contributed by atoms with van der Waals surface area (Å²) in [5.74, 6) is 3.00. The predicted octanol–water partition coefficient (Wildman–Crippen LogP) is 5.90. The number of rotatable bonds is 5. The SMILES string of the molecule is COC(=O)CC[C@@H](C)[C@H]1CC[C@H]2[C@@H]3CC[C@@H]4C[C@H](OC(C)=O)CC[C@]4(C)C3=C[CH-][C@]12C.[Os+]. The average Bonchev–Trinajstić information content (AvgIpc) is 3.09. The summed E-state index contributed by atoms with van der Waals surface area (Å²) in [5, 5.41) is 0. The van der Waals surface area contributed by atoms with Crippen LogP contribution in [0.1, 0.15) is 85.5 Å². The number of allylic oxidation sites excluding steroid dienone is 2. The van der Waals surface area contributed by atoms with Crippen LogP contribution in [-0.4, -0.2) is 25.2 Å². The van der Waals surface area contributed by atoms with Crippen molar-refractivity contribution in [1.82, 2.24) is 0 Å². The Balaban J connectivity index is 0.00000289. The molecule has 181 valence electrons. The Hall–Kier alpha value is -0.814. The van der Waals surface area contributed by atoms with E-state index in [0.717, 1.165) is 31.6 Å². The van der Waals surface area contributed by atoms with Crippen LogP contribution < -0.4 is 0 Å². The maximum absolute atomic E-state index is 11.7. The number of hydrogen-bond donors (Lipinski definition) is 0. The molecule has 0 unspecified atom stereocenters. The maximum Gasteiger partial charge on any atom is 1.00 e. The molecule has 0 aromatic carbocycles. The van der Waals surface area contributed by atoms with Crippen LogP contribution in [0.4, 0.5) is 0 Å². The maximum atomic E-state index is 11.7. The molecule has 32 heavy (non-hydrogen) atoms. The van der Waals surface area contributed by atoms with E-state index in [2.05, 4.69) is 33.3 Å². The summed E-state index contributed by atoms with van der Waals surface area (Å²) in [5.41, 5.74) is 2.18. The summed E-state index contributed by atoms with van der Waals surface area (Å²) in [6.07, 6.45) is 14.9. The first-order valence-corrected chi connectivity index (χ1v) is 12.5. The van der Waals surface area contributed by atoms with Crippen molar-refractivity contribution in [2.45, 2.75) is 91.6 Å². The van der Waals surface area contributed by atoms with Gasteiger partial charge in [0.15, 0.2) is 0 Å². The second-order valence-corrected chi connectivity index (χ2v) is 11.3. The van der Waals surface area contributed by atoms with Crippen LogP contribution in [0.3, 0.4) is 0 Å². The van der Waals surface area contributed by atoms with E-state index in [-0.39, 0.29) is 48.7 Å². The fraction of sp³-hybridized carbons (Fsp3) is 0.815. The first kappa shape index (κ1) is 25.8. The normalized spacial score (nSPS) is 40.9. The zero-order chi connectivity index (χ0) is 22.4. The summed E-state index contributed by atoms with van der Waals surface area (Å²) in [7, 11) is 1.48. The molecule has 8 atom stereocenters. The van der Waals surface area contributed by atoms with Gasteiger partial charge < -0.3 is 9.47 Å². The smallest absolute Gasteiger partial charge is 0.469 e. The molecule has 5 heteroatoms. The summed E-state index contributed by atoms with van der Waals surface area (Å²) in [6.45, 7) is 8.85. The van der Waals surface area contributed by atoms with E-state index in [1.807, 2.05) is 0 Å². The summed E-state index contributed by atoms with van der Waals surface area (Å²) in [4.78, 5) is 23.1. The quantitative estimate of drug-likeness (QED) is 0.284. The van der Waals surface area contributed by atoms with Crippen molar-refractivity contribution in [3.63, 3.8) is 0 Å². The molecule has 0 heterocycles. The first-order valence-electron chi connectivity index (χ1n) is 12.5. The fourth-order valence-electron chi connectivity index (χ4n) is 8.16. The minimum atomic E-state index is -0.137.